The van der Waals surface area contributed by atoms with E-state index in [0.717, 1.165) is 18.4 Å². The third kappa shape index (κ3) is 4.91. The summed E-state index contributed by atoms with van der Waals surface area (Å²) in [5, 5.41) is 5.78. The maximum atomic E-state index is 13.8. The van der Waals surface area contributed by atoms with Crippen LogP contribution in [0.3, 0.4) is 0 Å². The van der Waals surface area contributed by atoms with Gasteiger partial charge in [-0.15, -0.1) is 0 Å². The van der Waals surface area contributed by atoms with E-state index in [1.165, 1.54) is 4.52 Å². The molecule has 1 fully saturated rings. The predicted molar refractivity (Wildman–Crippen MR) is 142 cm³/mol. The number of aromatic nitrogens is 3. The van der Waals surface area contributed by atoms with Crippen LogP contribution in [0.5, 0.6) is 0 Å². The molecule has 7 nitrogen and oxygen atoms in total. The first-order valence-corrected chi connectivity index (χ1v) is 12.8. The number of amides is 1. The molecule has 1 saturated carbocycles. The Morgan fingerprint density at radius 2 is 1.78 bits per heavy atom. The maximum Gasteiger partial charge on any atom is 0.278 e. The van der Waals surface area contributed by atoms with Gasteiger partial charge in [0.2, 0.25) is 0 Å². The summed E-state index contributed by atoms with van der Waals surface area (Å²) < 4.78 is 3.17. The molecule has 0 spiro atoms. The van der Waals surface area contributed by atoms with Gasteiger partial charge in [0.15, 0.2) is 5.82 Å². The monoisotopic (exact) mass is 523 g/mol. The lowest BCUT2D eigenvalue weighted by atomic mass is 10.1. The van der Waals surface area contributed by atoms with E-state index in [2.05, 4.69) is 0 Å². The van der Waals surface area contributed by atoms with Crippen molar-refractivity contribution >= 4 is 34.6 Å². The fourth-order valence-electron chi connectivity index (χ4n) is 4.61. The Morgan fingerprint density at radius 1 is 1.06 bits per heavy atom. The third-order valence-corrected chi connectivity index (χ3v) is 7.10. The molecule has 2 heterocycles. The van der Waals surface area contributed by atoms with Crippen LogP contribution in [-0.2, 0) is 6.54 Å². The number of carbonyl (C=O) groups excluding carboxylic acids is 1. The molecule has 2 N–H and O–H groups in total. The van der Waals surface area contributed by atoms with Gasteiger partial charge in [0, 0.05) is 17.1 Å². The van der Waals surface area contributed by atoms with Crippen LogP contribution in [0.25, 0.3) is 5.52 Å². The Kier molecular flexibility index (Phi) is 7.14. The number of carbonyl (C=O) groups is 1. The fraction of sp³-hybridized carbons (Fsp3) is 0.296. The minimum atomic E-state index is -0.404. The third-order valence-electron chi connectivity index (χ3n) is 6.56. The van der Waals surface area contributed by atoms with Crippen molar-refractivity contribution in [2.45, 2.75) is 31.8 Å². The number of rotatable bonds is 9. The zero-order valence-corrected chi connectivity index (χ0v) is 21.2. The molecule has 0 aliphatic heterocycles. The first kappa shape index (κ1) is 24.6. The Bertz CT molecular complexity index is 1430. The zero-order chi connectivity index (χ0) is 25.2. The molecule has 186 valence electrons. The van der Waals surface area contributed by atoms with E-state index in [9.17, 15) is 9.59 Å². The first-order valence-electron chi connectivity index (χ1n) is 12.1. The summed E-state index contributed by atoms with van der Waals surface area (Å²) in [7, 11) is 0. The highest BCUT2D eigenvalue weighted by Crippen LogP contribution is 2.44. The van der Waals surface area contributed by atoms with Crippen molar-refractivity contribution in [1.82, 2.24) is 19.1 Å². The van der Waals surface area contributed by atoms with Gasteiger partial charge in [-0.2, -0.15) is 5.10 Å². The van der Waals surface area contributed by atoms with E-state index < -0.39 is 6.04 Å². The smallest absolute Gasteiger partial charge is 0.278 e. The van der Waals surface area contributed by atoms with Gasteiger partial charge in [0.05, 0.1) is 12.6 Å². The molecule has 2 aromatic carbocycles. The van der Waals surface area contributed by atoms with Gasteiger partial charge in [-0.05, 0) is 73.7 Å². The average molecular weight is 524 g/mol. The van der Waals surface area contributed by atoms with Crippen molar-refractivity contribution in [2.75, 3.05) is 13.1 Å². The van der Waals surface area contributed by atoms with E-state index in [1.807, 2.05) is 35.2 Å². The lowest BCUT2D eigenvalue weighted by Crippen LogP contribution is -2.41. The van der Waals surface area contributed by atoms with Gasteiger partial charge < -0.3 is 10.6 Å². The molecule has 9 heteroatoms. The van der Waals surface area contributed by atoms with E-state index in [-0.39, 0.29) is 17.4 Å². The van der Waals surface area contributed by atoms with Gasteiger partial charge in [0.25, 0.3) is 11.5 Å². The van der Waals surface area contributed by atoms with Crippen molar-refractivity contribution < 1.29 is 4.79 Å². The summed E-state index contributed by atoms with van der Waals surface area (Å²) in [5.41, 5.74) is 7.55. The number of nitrogens with two attached hydrogens (primary N) is 1. The second-order valence-electron chi connectivity index (χ2n) is 9.12. The van der Waals surface area contributed by atoms with Crippen molar-refractivity contribution in [3.63, 3.8) is 0 Å². The van der Waals surface area contributed by atoms with Gasteiger partial charge in [-0.1, -0.05) is 53.5 Å². The molecule has 5 rings (SSSR count). The highest BCUT2D eigenvalue weighted by molar-refractivity contribution is 6.30. The highest BCUT2D eigenvalue weighted by Gasteiger charge is 2.42. The Hall–Kier alpha value is -3.13. The molecule has 4 aromatic rings. The number of hydrogen-bond donors (Lipinski definition) is 1. The minimum Gasteiger partial charge on any atom is -0.330 e. The largest absolute Gasteiger partial charge is 0.330 e. The number of fused-ring (bicyclic) bond motifs is 1. The van der Waals surface area contributed by atoms with E-state index in [1.54, 1.807) is 41.0 Å². The fourth-order valence-corrected chi connectivity index (χ4v) is 4.93. The lowest BCUT2D eigenvalue weighted by molar-refractivity contribution is 0.0632. The van der Waals surface area contributed by atoms with Gasteiger partial charge >= 0.3 is 0 Å². The number of hydrogen-bond acceptors (Lipinski definition) is 4. The Morgan fingerprint density at radius 3 is 2.44 bits per heavy atom. The predicted octanol–water partition coefficient (Wildman–Crippen LogP) is 4.79. The summed E-state index contributed by atoms with van der Waals surface area (Å²) in [5.74, 6) is 0.562. The highest BCUT2D eigenvalue weighted by atomic mass is 35.5. The molecule has 1 unspecified atom stereocenters. The maximum absolute atomic E-state index is 13.8. The number of nitrogens with zero attached hydrogens (tertiary/aromatic N) is 4. The topological polar surface area (TPSA) is 85.6 Å². The summed E-state index contributed by atoms with van der Waals surface area (Å²) in [4.78, 5) is 29.4. The lowest BCUT2D eigenvalue weighted by Gasteiger charge is -2.33. The Labute approximate surface area is 219 Å². The van der Waals surface area contributed by atoms with Crippen LogP contribution in [0.1, 0.15) is 47.1 Å². The molecule has 0 radical (unpaired) electrons. The molecule has 1 atom stereocenters. The molecular weight excluding hydrogens is 497 g/mol. The van der Waals surface area contributed by atoms with Crippen molar-refractivity contribution in [3.05, 3.63) is 104 Å². The molecule has 0 saturated heterocycles. The van der Waals surface area contributed by atoms with Crippen LogP contribution >= 0.6 is 23.2 Å². The summed E-state index contributed by atoms with van der Waals surface area (Å²) >= 11 is 12.5. The van der Waals surface area contributed by atoms with Crippen molar-refractivity contribution in [3.8, 4) is 0 Å². The van der Waals surface area contributed by atoms with Crippen LogP contribution in [-0.4, -0.2) is 38.1 Å². The molecule has 1 aliphatic rings. The van der Waals surface area contributed by atoms with Gasteiger partial charge in [0.1, 0.15) is 10.7 Å². The van der Waals surface area contributed by atoms with Crippen LogP contribution in [0, 0.1) is 5.92 Å². The van der Waals surface area contributed by atoms with Crippen LogP contribution in [0.15, 0.2) is 71.5 Å². The molecule has 36 heavy (non-hydrogen) atoms. The second-order valence-corrected chi connectivity index (χ2v) is 9.94. The minimum absolute atomic E-state index is 0.142. The summed E-state index contributed by atoms with van der Waals surface area (Å²) in [6, 6.07) is 19.6. The zero-order valence-electron chi connectivity index (χ0n) is 19.7. The van der Waals surface area contributed by atoms with Gasteiger partial charge in [-0.25, -0.2) is 4.52 Å². The van der Waals surface area contributed by atoms with Crippen LogP contribution < -0.4 is 11.3 Å². The number of benzene rings is 2. The molecule has 1 aliphatic carbocycles. The molecular formula is C27H27Cl2N5O2. The normalized spacial score (nSPS) is 14.2. The van der Waals surface area contributed by atoms with Crippen molar-refractivity contribution in [2.24, 2.45) is 11.7 Å². The van der Waals surface area contributed by atoms with Gasteiger partial charge in [-0.3, -0.25) is 14.2 Å². The quantitative estimate of drug-likeness (QED) is 0.341. The van der Waals surface area contributed by atoms with E-state index in [4.69, 9.17) is 34.0 Å². The first-order chi connectivity index (χ1) is 17.5. The summed E-state index contributed by atoms with van der Waals surface area (Å²) in [6.07, 6.45) is 2.50. The summed E-state index contributed by atoms with van der Waals surface area (Å²) in [6.45, 7) is 1.22. The van der Waals surface area contributed by atoms with E-state index in [0.29, 0.717) is 53.1 Å². The molecule has 1 amide bonds. The SMILES string of the molecule is NCCCN(C(=O)c1ccc(Cl)cc1)C(c1nn2c(Cl)ccc2c(=O)n1Cc1ccccc1)C1CC1. The average Bonchev–Trinajstić information content (AvgIpc) is 3.66. The van der Waals surface area contributed by atoms with Crippen LogP contribution in [0.4, 0.5) is 0 Å². The Balaban J connectivity index is 1.67. The van der Waals surface area contributed by atoms with E-state index >= 15 is 0 Å². The molecule has 0 bridgehead atoms. The number of halogens is 2. The second kappa shape index (κ2) is 10.5. The molecule has 2 aromatic heterocycles. The van der Waals surface area contributed by atoms with Crippen LogP contribution in [0.2, 0.25) is 10.2 Å². The standard InChI is InChI=1S/C27H27Cl2N5O2/c28-21-11-9-20(10-12-21)26(35)32(16-4-15-30)24(19-7-8-19)25-31-34-22(13-14-23(34)29)27(36)33(25)17-18-5-2-1-3-6-18/h1-3,5-6,9-14,19,24H,4,7-8,15-17,30H2. The van der Waals surface area contributed by atoms with Crippen molar-refractivity contribution in [1.29, 1.82) is 0 Å².